The molecular formula is C22H40N4O2. The van der Waals surface area contributed by atoms with Crippen LogP contribution in [0.15, 0.2) is 4.99 Å². The molecule has 0 amide bonds. The van der Waals surface area contributed by atoms with E-state index in [9.17, 15) is 0 Å². The van der Waals surface area contributed by atoms with Crippen LogP contribution in [0.25, 0.3) is 0 Å². The van der Waals surface area contributed by atoms with Gasteiger partial charge in [0.2, 0.25) is 0 Å². The van der Waals surface area contributed by atoms with E-state index in [1.54, 1.807) is 0 Å². The Labute approximate surface area is 171 Å². The number of aliphatic imine (C=N–C) groups is 1. The molecule has 4 aliphatic rings. The molecule has 0 radical (unpaired) electrons. The highest BCUT2D eigenvalue weighted by Gasteiger charge is 2.42. The van der Waals surface area contributed by atoms with Gasteiger partial charge in [0.05, 0.1) is 0 Å². The van der Waals surface area contributed by atoms with Gasteiger partial charge in [0, 0.05) is 72.2 Å². The van der Waals surface area contributed by atoms with E-state index in [1.807, 2.05) is 7.05 Å². The Hall–Kier alpha value is -0.850. The first kappa shape index (κ1) is 20.4. The molecule has 0 aromatic rings. The SMILES string of the molecule is CN=C(NCCCOCC1CCOCC1)N1CCN(C2CC3CCC2C3)CC1. The van der Waals surface area contributed by atoms with E-state index in [1.165, 1.54) is 38.8 Å². The first-order valence-corrected chi connectivity index (χ1v) is 11.7. The number of hydrogen-bond donors (Lipinski definition) is 1. The highest BCUT2D eigenvalue weighted by molar-refractivity contribution is 5.79. The standard InChI is InChI=1S/C22H40N4O2/c1-23-22(24-7-2-12-28-17-18-5-13-27-14-6-18)26-10-8-25(9-11-26)21-16-19-3-4-20(21)15-19/h18-21H,2-17H2,1H3,(H,23,24). The lowest BCUT2D eigenvalue weighted by Crippen LogP contribution is -2.55. The van der Waals surface area contributed by atoms with Gasteiger partial charge >= 0.3 is 0 Å². The van der Waals surface area contributed by atoms with Gasteiger partial charge in [0.25, 0.3) is 0 Å². The summed E-state index contributed by atoms with van der Waals surface area (Å²) in [4.78, 5) is 9.73. The van der Waals surface area contributed by atoms with Crippen molar-refractivity contribution in [2.45, 2.75) is 51.0 Å². The van der Waals surface area contributed by atoms with Crippen molar-refractivity contribution in [1.29, 1.82) is 0 Å². The fourth-order valence-electron chi connectivity index (χ4n) is 5.79. The van der Waals surface area contributed by atoms with Crippen molar-refractivity contribution in [2.75, 3.05) is 66.2 Å². The summed E-state index contributed by atoms with van der Waals surface area (Å²) in [5.41, 5.74) is 0. The van der Waals surface area contributed by atoms with E-state index in [0.717, 1.165) is 89.2 Å². The van der Waals surface area contributed by atoms with Gasteiger partial charge in [-0.15, -0.1) is 0 Å². The second kappa shape index (κ2) is 10.3. The number of fused-ring (bicyclic) bond motifs is 2. The molecule has 4 rings (SSSR count). The minimum Gasteiger partial charge on any atom is -0.381 e. The Bertz CT molecular complexity index is 501. The highest BCUT2D eigenvalue weighted by atomic mass is 16.5. The van der Waals surface area contributed by atoms with Gasteiger partial charge in [-0.05, 0) is 56.3 Å². The third-order valence-corrected chi connectivity index (χ3v) is 7.44. The van der Waals surface area contributed by atoms with Crippen molar-refractivity contribution in [3.63, 3.8) is 0 Å². The molecule has 0 aromatic carbocycles. The quantitative estimate of drug-likeness (QED) is 0.409. The molecule has 2 bridgehead atoms. The van der Waals surface area contributed by atoms with Crippen LogP contribution < -0.4 is 5.32 Å². The van der Waals surface area contributed by atoms with Crippen LogP contribution in [0.5, 0.6) is 0 Å². The van der Waals surface area contributed by atoms with Crippen LogP contribution >= 0.6 is 0 Å². The minimum absolute atomic E-state index is 0.695. The van der Waals surface area contributed by atoms with Gasteiger partial charge in [-0.1, -0.05) is 6.42 Å². The Balaban J connectivity index is 1.09. The van der Waals surface area contributed by atoms with Gasteiger partial charge < -0.3 is 19.7 Å². The van der Waals surface area contributed by atoms with Crippen molar-refractivity contribution in [3.8, 4) is 0 Å². The van der Waals surface area contributed by atoms with Crippen molar-refractivity contribution < 1.29 is 9.47 Å². The van der Waals surface area contributed by atoms with E-state index in [4.69, 9.17) is 9.47 Å². The van der Waals surface area contributed by atoms with E-state index in [-0.39, 0.29) is 0 Å². The molecule has 4 fully saturated rings. The first-order chi connectivity index (χ1) is 13.8. The Morgan fingerprint density at radius 2 is 1.89 bits per heavy atom. The minimum atomic E-state index is 0.695. The van der Waals surface area contributed by atoms with Crippen molar-refractivity contribution in [2.24, 2.45) is 22.7 Å². The number of hydrogen-bond acceptors (Lipinski definition) is 4. The second-order valence-electron chi connectivity index (χ2n) is 9.22. The summed E-state index contributed by atoms with van der Waals surface area (Å²) in [7, 11) is 1.91. The van der Waals surface area contributed by atoms with Crippen LogP contribution in [0.3, 0.4) is 0 Å². The normalized spacial score (nSPS) is 32.2. The van der Waals surface area contributed by atoms with Crippen LogP contribution in [0.4, 0.5) is 0 Å². The van der Waals surface area contributed by atoms with Crippen molar-refractivity contribution in [1.82, 2.24) is 15.1 Å². The number of rotatable bonds is 7. The Morgan fingerprint density at radius 3 is 2.57 bits per heavy atom. The van der Waals surface area contributed by atoms with E-state index in [0.29, 0.717) is 5.92 Å². The zero-order valence-electron chi connectivity index (χ0n) is 17.8. The maximum atomic E-state index is 5.87. The van der Waals surface area contributed by atoms with Gasteiger partial charge in [0.15, 0.2) is 5.96 Å². The van der Waals surface area contributed by atoms with Crippen molar-refractivity contribution >= 4 is 5.96 Å². The molecule has 2 saturated heterocycles. The molecule has 160 valence electrons. The maximum Gasteiger partial charge on any atom is 0.193 e. The third kappa shape index (κ3) is 5.19. The van der Waals surface area contributed by atoms with Crippen LogP contribution in [-0.2, 0) is 9.47 Å². The number of nitrogens with zero attached hydrogens (tertiary/aromatic N) is 3. The lowest BCUT2D eigenvalue weighted by atomic mass is 9.93. The van der Waals surface area contributed by atoms with Gasteiger partial charge in [-0.25, -0.2) is 0 Å². The average molecular weight is 393 g/mol. The van der Waals surface area contributed by atoms with Gasteiger partial charge in [-0.3, -0.25) is 9.89 Å². The smallest absolute Gasteiger partial charge is 0.193 e. The molecule has 0 aromatic heterocycles. The summed E-state index contributed by atoms with van der Waals surface area (Å²) in [5, 5.41) is 3.55. The largest absolute Gasteiger partial charge is 0.381 e. The topological polar surface area (TPSA) is 49.3 Å². The third-order valence-electron chi connectivity index (χ3n) is 7.44. The molecule has 1 N–H and O–H groups in total. The predicted octanol–water partition coefficient (Wildman–Crippen LogP) is 2.20. The highest BCUT2D eigenvalue weighted by Crippen LogP contribution is 2.46. The fourth-order valence-corrected chi connectivity index (χ4v) is 5.79. The lowest BCUT2D eigenvalue weighted by molar-refractivity contribution is 0.0203. The average Bonchev–Trinajstić information content (AvgIpc) is 3.38. The number of piperazine rings is 1. The van der Waals surface area contributed by atoms with Crippen LogP contribution in [0.2, 0.25) is 0 Å². The summed E-state index contributed by atoms with van der Waals surface area (Å²) in [6, 6.07) is 0.878. The van der Waals surface area contributed by atoms with Crippen molar-refractivity contribution in [3.05, 3.63) is 0 Å². The zero-order valence-corrected chi connectivity index (χ0v) is 17.8. The Morgan fingerprint density at radius 1 is 1.07 bits per heavy atom. The molecule has 6 nitrogen and oxygen atoms in total. The zero-order chi connectivity index (χ0) is 19.2. The monoisotopic (exact) mass is 392 g/mol. The van der Waals surface area contributed by atoms with E-state index in [2.05, 4.69) is 20.1 Å². The molecule has 6 heteroatoms. The number of nitrogens with one attached hydrogen (secondary N) is 1. The molecule has 2 aliphatic carbocycles. The summed E-state index contributed by atoms with van der Waals surface area (Å²) in [5.74, 6) is 3.80. The van der Waals surface area contributed by atoms with Gasteiger partial charge in [0.1, 0.15) is 0 Å². The molecule has 2 aliphatic heterocycles. The summed E-state index contributed by atoms with van der Waals surface area (Å²) < 4.78 is 11.3. The van der Waals surface area contributed by atoms with E-state index >= 15 is 0 Å². The molecule has 3 atom stereocenters. The maximum absolute atomic E-state index is 5.87. The number of ether oxygens (including phenoxy) is 2. The first-order valence-electron chi connectivity index (χ1n) is 11.7. The molecule has 0 spiro atoms. The van der Waals surface area contributed by atoms with Gasteiger partial charge in [-0.2, -0.15) is 0 Å². The molecule has 2 heterocycles. The fraction of sp³-hybridized carbons (Fsp3) is 0.955. The van der Waals surface area contributed by atoms with Crippen LogP contribution in [0.1, 0.15) is 44.9 Å². The lowest BCUT2D eigenvalue weighted by Gasteiger charge is -2.42. The van der Waals surface area contributed by atoms with Crippen LogP contribution in [0, 0.1) is 17.8 Å². The molecular weight excluding hydrogens is 352 g/mol. The number of guanidine groups is 1. The second-order valence-corrected chi connectivity index (χ2v) is 9.22. The molecule has 3 unspecified atom stereocenters. The van der Waals surface area contributed by atoms with Crippen LogP contribution in [-0.4, -0.2) is 88.0 Å². The Kier molecular flexibility index (Phi) is 7.48. The summed E-state index contributed by atoms with van der Waals surface area (Å²) in [6.45, 7) is 9.07. The summed E-state index contributed by atoms with van der Waals surface area (Å²) in [6.07, 6.45) is 9.29. The molecule has 28 heavy (non-hydrogen) atoms. The summed E-state index contributed by atoms with van der Waals surface area (Å²) >= 11 is 0. The predicted molar refractivity (Wildman–Crippen MR) is 113 cm³/mol. The molecule has 2 saturated carbocycles. The van der Waals surface area contributed by atoms with E-state index < -0.39 is 0 Å².